The number of esters is 1. The van der Waals surface area contributed by atoms with Gasteiger partial charge in [-0.3, -0.25) is 0 Å². The van der Waals surface area contributed by atoms with Crippen LogP contribution in [0.1, 0.15) is 0 Å². The fourth-order valence-electron chi connectivity index (χ4n) is 1.81. The number of hydrogen-bond acceptors (Lipinski definition) is 5. The highest BCUT2D eigenvalue weighted by atomic mass is 32.2. The molecular formula is C13H14FNO5S. The molecule has 0 aromatic heterocycles. The van der Waals surface area contributed by atoms with Gasteiger partial charge in [-0.2, -0.15) is 4.31 Å². The minimum atomic E-state index is -3.78. The predicted molar refractivity (Wildman–Crippen MR) is 71.8 cm³/mol. The van der Waals surface area contributed by atoms with Crippen molar-refractivity contribution in [2.24, 2.45) is 0 Å². The largest absolute Gasteiger partial charge is 0.420 e. The van der Waals surface area contributed by atoms with Crippen LogP contribution in [-0.2, 0) is 19.6 Å². The van der Waals surface area contributed by atoms with E-state index in [1.807, 2.05) is 0 Å². The molecule has 0 bridgehead atoms. The van der Waals surface area contributed by atoms with E-state index >= 15 is 0 Å². The van der Waals surface area contributed by atoms with Gasteiger partial charge in [0.05, 0.1) is 18.1 Å². The molecule has 2 rings (SSSR count). The SMILES string of the molecule is C=CC(=O)Oc1ccc(S(=O)(=O)N2CCOCC2)cc1F. The van der Waals surface area contributed by atoms with Gasteiger partial charge in [0.25, 0.3) is 0 Å². The third-order valence-electron chi connectivity index (χ3n) is 2.89. The average Bonchev–Trinajstić information content (AvgIpc) is 2.50. The van der Waals surface area contributed by atoms with E-state index in [1.54, 1.807) is 0 Å². The number of morpholine rings is 1. The Hall–Kier alpha value is -1.77. The summed E-state index contributed by atoms with van der Waals surface area (Å²) in [6, 6.07) is 3.13. The summed E-state index contributed by atoms with van der Waals surface area (Å²) in [5.74, 6) is -2.10. The van der Waals surface area contributed by atoms with Crippen LogP contribution in [0.15, 0.2) is 35.7 Å². The second kappa shape index (κ2) is 6.33. The molecule has 114 valence electrons. The van der Waals surface area contributed by atoms with Crippen LogP contribution in [0.3, 0.4) is 0 Å². The van der Waals surface area contributed by atoms with Gasteiger partial charge in [0.1, 0.15) is 0 Å². The molecule has 1 heterocycles. The minimum absolute atomic E-state index is 0.194. The van der Waals surface area contributed by atoms with E-state index in [2.05, 4.69) is 11.3 Å². The average molecular weight is 315 g/mol. The molecule has 1 fully saturated rings. The lowest BCUT2D eigenvalue weighted by Crippen LogP contribution is -2.40. The van der Waals surface area contributed by atoms with Crippen LogP contribution >= 0.6 is 0 Å². The van der Waals surface area contributed by atoms with Gasteiger partial charge in [0.2, 0.25) is 10.0 Å². The first-order chi connectivity index (χ1) is 9.95. The van der Waals surface area contributed by atoms with Crippen molar-refractivity contribution in [3.05, 3.63) is 36.7 Å². The highest BCUT2D eigenvalue weighted by molar-refractivity contribution is 7.89. The number of benzene rings is 1. The number of carbonyl (C=O) groups excluding carboxylic acids is 1. The van der Waals surface area contributed by atoms with Crippen LogP contribution in [0.25, 0.3) is 0 Å². The quantitative estimate of drug-likeness (QED) is 0.470. The molecule has 1 aromatic carbocycles. The van der Waals surface area contributed by atoms with Gasteiger partial charge < -0.3 is 9.47 Å². The van der Waals surface area contributed by atoms with Crippen molar-refractivity contribution in [1.82, 2.24) is 4.31 Å². The van der Waals surface area contributed by atoms with Crippen molar-refractivity contribution >= 4 is 16.0 Å². The van der Waals surface area contributed by atoms with Gasteiger partial charge in [0.15, 0.2) is 11.6 Å². The zero-order chi connectivity index (χ0) is 15.5. The van der Waals surface area contributed by atoms with Crippen LogP contribution in [0.5, 0.6) is 5.75 Å². The Bertz CT molecular complexity index is 653. The molecule has 0 atom stereocenters. The number of hydrogen-bond donors (Lipinski definition) is 0. The van der Waals surface area contributed by atoms with Crippen LogP contribution in [0.2, 0.25) is 0 Å². The Morgan fingerprint density at radius 1 is 1.38 bits per heavy atom. The van der Waals surface area contributed by atoms with E-state index in [4.69, 9.17) is 4.74 Å². The molecule has 0 saturated carbocycles. The molecule has 21 heavy (non-hydrogen) atoms. The summed E-state index contributed by atoms with van der Waals surface area (Å²) in [7, 11) is -3.78. The van der Waals surface area contributed by atoms with E-state index in [1.165, 1.54) is 10.4 Å². The van der Waals surface area contributed by atoms with Gasteiger partial charge in [-0.1, -0.05) is 6.58 Å². The van der Waals surface area contributed by atoms with Gasteiger partial charge >= 0.3 is 5.97 Å². The summed E-state index contributed by atoms with van der Waals surface area (Å²) >= 11 is 0. The first kappa shape index (κ1) is 15.6. The standard InChI is InChI=1S/C13H14FNO5S/c1-2-13(16)20-12-4-3-10(9-11(12)14)21(17,18)15-5-7-19-8-6-15/h2-4,9H,1,5-8H2. The molecule has 1 aliphatic heterocycles. The van der Waals surface area contributed by atoms with Crippen LogP contribution in [0.4, 0.5) is 4.39 Å². The van der Waals surface area contributed by atoms with Crippen molar-refractivity contribution in [2.45, 2.75) is 4.90 Å². The van der Waals surface area contributed by atoms with Crippen LogP contribution < -0.4 is 4.74 Å². The summed E-state index contributed by atoms with van der Waals surface area (Å²) in [6.07, 6.45) is 0.887. The first-order valence-corrected chi connectivity index (χ1v) is 7.61. The molecule has 6 nitrogen and oxygen atoms in total. The maximum atomic E-state index is 13.8. The zero-order valence-corrected chi connectivity index (χ0v) is 11.9. The number of halogens is 1. The topological polar surface area (TPSA) is 72.9 Å². The van der Waals surface area contributed by atoms with E-state index in [0.29, 0.717) is 13.2 Å². The summed E-state index contributed by atoms with van der Waals surface area (Å²) in [5, 5.41) is 0. The normalized spacial score (nSPS) is 16.4. The smallest absolute Gasteiger partial charge is 0.335 e. The van der Waals surface area contributed by atoms with Crippen LogP contribution in [0, 0.1) is 5.82 Å². The van der Waals surface area contributed by atoms with E-state index in [9.17, 15) is 17.6 Å². The lowest BCUT2D eigenvalue weighted by Gasteiger charge is -2.26. The van der Waals surface area contributed by atoms with Gasteiger partial charge in [-0.25, -0.2) is 17.6 Å². The molecule has 1 saturated heterocycles. The van der Waals surface area contributed by atoms with Gasteiger partial charge in [-0.15, -0.1) is 0 Å². The molecular weight excluding hydrogens is 301 g/mol. The molecule has 0 radical (unpaired) electrons. The Labute approximate surface area is 121 Å². The number of ether oxygens (including phenoxy) is 2. The number of nitrogens with zero attached hydrogens (tertiary/aromatic N) is 1. The maximum Gasteiger partial charge on any atom is 0.335 e. The third-order valence-corrected chi connectivity index (χ3v) is 4.78. The van der Waals surface area contributed by atoms with Gasteiger partial charge in [0, 0.05) is 19.2 Å². The Balaban J connectivity index is 2.26. The zero-order valence-electron chi connectivity index (χ0n) is 11.1. The fraction of sp³-hybridized carbons (Fsp3) is 0.308. The van der Waals surface area contributed by atoms with Crippen molar-refractivity contribution in [3.63, 3.8) is 0 Å². The molecule has 0 amide bonds. The number of carbonyl (C=O) groups is 1. The Kier molecular flexibility index (Phi) is 4.71. The van der Waals surface area contributed by atoms with E-state index in [-0.39, 0.29) is 23.7 Å². The summed E-state index contributed by atoms with van der Waals surface area (Å²) < 4.78 is 49.4. The fourth-order valence-corrected chi connectivity index (χ4v) is 3.23. The van der Waals surface area contributed by atoms with Crippen molar-refractivity contribution in [1.29, 1.82) is 0 Å². The molecule has 1 aliphatic rings. The van der Waals surface area contributed by atoms with Crippen molar-refractivity contribution in [2.75, 3.05) is 26.3 Å². The highest BCUT2D eigenvalue weighted by Gasteiger charge is 2.27. The Morgan fingerprint density at radius 3 is 2.62 bits per heavy atom. The van der Waals surface area contributed by atoms with Crippen molar-refractivity contribution < 1.29 is 27.1 Å². The van der Waals surface area contributed by atoms with E-state index < -0.39 is 21.8 Å². The number of rotatable bonds is 4. The molecule has 0 unspecified atom stereocenters. The molecule has 1 aromatic rings. The molecule has 0 spiro atoms. The molecule has 8 heteroatoms. The highest BCUT2D eigenvalue weighted by Crippen LogP contribution is 2.24. The predicted octanol–water partition coefficient (Wildman–Crippen LogP) is 0.938. The summed E-state index contributed by atoms with van der Waals surface area (Å²) in [6.45, 7) is 4.24. The van der Waals surface area contributed by atoms with Crippen LogP contribution in [-0.4, -0.2) is 45.0 Å². The summed E-state index contributed by atoms with van der Waals surface area (Å²) in [4.78, 5) is 10.8. The maximum absolute atomic E-state index is 13.8. The lowest BCUT2D eigenvalue weighted by molar-refractivity contribution is -0.129. The Morgan fingerprint density at radius 2 is 2.05 bits per heavy atom. The number of sulfonamides is 1. The molecule has 0 N–H and O–H groups in total. The minimum Gasteiger partial charge on any atom is -0.420 e. The monoisotopic (exact) mass is 315 g/mol. The van der Waals surface area contributed by atoms with Crippen molar-refractivity contribution in [3.8, 4) is 5.75 Å². The lowest BCUT2D eigenvalue weighted by atomic mass is 10.3. The third kappa shape index (κ3) is 3.46. The molecule has 0 aliphatic carbocycles. The van der Waals surface area contributed by atoms with Gasteiger partial charge in [-0.05, 0) is 18.2 Å². The second-order valence-electron chi connectivity index (χ2n) is 4.23. The van der Waals surface area contributed by atoms with E-state index in [0.717, 1.165) is 18.2 Å². The second-order valence-corrected chi connectivity index (χ2v) is 6.17. The summed E-state index contributed by atoms with van der Waals surface area (Å²) in [5.41, 5.74) is 0. The first-order valence-electron chi connectivity index (χ1n) is 6.17.